The van der Waals surface area contributed by atoms with Crippen molar-refractivity contribution in [3.8, 4) is 0 Å². The van der Waals surface area contributed by atoms with Crippen molar-refractivity contribution in [1.29, 1.82) is 0 Å². The van der Waals surface area contributed by atoms with E-state index in [1.165, 1.54) is 19.4 Å². The Morgan fingerprint density at radius 1 is 1.40 bits per heavy atom. The summed E-state index contributed by atoms with van der Waals surface area (Å²) in [7, 11) is 2.21. The minimum atomic E-state index is 0.113. The minimum absolute atomic E-state index is 0.113. The van der Waals surface area contributed by atoms with Crippen molar-refractivity contribution in [1.82, 2.24) is 9.80 Å². The maximum absolute atomic E-state index is 11.5. The highest BCUT2D eigenvalue weighted by atomic mass is 16.2. The molecule has 0 aromatic carbocycles. The SMILES string of the molecule is CN1CCCC2CN(C(=O)CN)CCC21. The Labute approximate surface area is 91.4 Å². The Balaban J connectivity index is 1.96. The summed E-state index contributed by atoms with van der Waals surface area (Å²) in [5.74, 6) is 0.787. The molecule has 2 aliphatic heterocycles. The van der Waals surface area contributed by atoms with Gasteiger partial charge in [-0.2, -0.15) is 0 Å². The molecule has 0 radical (unpaired) electrons. The van der Waals surface area contributed by atoms with Crippen LogP contribution in [0.2, 0.25) is 0 Å². The van der Waals surface area contributed by atoms with Crippen LogP contribution in [-0.2, 0) is 4.79 Å². The Hall–Kier alpha value is -0.610. The second-order valence-electron chi connectivity index (χ2n) is 4.78. The van der Waals surface area contributed by atoms with E-state index in [2.05, 4.69) is 11.9 Å². The number of fused-ring (bicyclic) bond motifs is 1. The summed E-state index contributed by atoms with van der Waals surface area (Å²) < 4.78 is 0. The molecule has 2 unspecified atom stereocenters. The van der Waals surface area contributed by atoms with Gasteiger partial charge in [0, 0.05) is 19.1 Å². The Morgan fingerprint density at radius 2 is 2.20 bits per heavy atom. The number of hydrogen-bond donors (Lipinski definition) is 1. The molecule has 2 N–H and O–H groups in total. The number of rotatable bonds is 1. The number of nitrogens with zero attached hydrogens (tertiary/aromatic N) is 2. The van der Waals surface area contributed by atoms with E-state index in [0.717, 1.165) is 19.5 Å². The highest BCUT2D eigenvalue weighted by Gasteiger charge is 2.35. The summed E-state index contributed by atoms with van der Waals surface area (Å²) in [4.78, 5) is 15.9. The van der Waals surface area contributed by atoms with Crippen molar-refractivity contribution in [2.45, 2.75) is 25.3 Å². The first-order chi connectivity index (χ1) is 7.22. The number of hydrogen-bond acceptors (Lipinski definition) is 3. The number of carbonyl (C=O) groups is 1. The average Bonchev–Trinajstić information content (AvgIpc) is 2.28. The number of nitrogens with two attached hydrogens (primary N) is 1. The summed E-state index contributed by atoms with van der Waals surface area (Å²) >= 11 is 0. The lowest BCUT2D eigenvalue weighted by Crippen LogP contribution is -2.54. The van der Waals surface area contributed by atoms with Crippen LogP contribution < -0.4 is 5.73 Å². The largest absolute Gasteiger partial charge is 0.341 e. The van der Waals surface area contributed by atoms with Gasteiger partial charge in [0.2, 0.25) is 5.91 Å². The van der Waals surface area contributed by atoms with Crippen LogP contribution in [0.25, 0.3) is 0 Å². The summed E-state index contributed by atoms with van der Waals surface area (Å²) in [5.41, 5.74) is 5.40. The summed E-state index contributed by atoms with van der Waals surface area (Å²) in [5, 5.41) is 0. The number of piperidine rings is 2. The van der Waals surface area contributed by atoms with Gasteiger partial charge >= 0.3 is 0 Å². The fourth-order valence-corrected chi connectivity index (χ4v) is 3.01. The first kappa shape index (κ1) is 10.9. The maximum Gasteiger partial charge on any atom is 0.236 e. The summed E-state index contributed by atoms with van der Waals surface area (Å²) in [6.07, 6.45) is 3.65. The second-order valence-corrected chi connectivity index (χ2v) is 4.78. The van der Waals surface area contributed by atoms with Crippen molar-refractivity contribution in [3.05, 3.63) is 0 Å². The van der Waals surface area contributed by atoms with E-state index in [0.29, 0.717) is 12.0 Å². The first-order valence-corrected chi connectivity index (χ1v) is 5.90. The van der Waals surface area contributed by atoms with Crippen LogP contribution in [0.3, 0.4) is 0 Å². The lowest BCUT2D eigenvalue weighted by molar-refractivity contribution is -0.133. The molecule has 0 aliphatic carbocycles. The fraction of sp³-hybridized carbons (Fsp3) is 0.909. The van der Waals surface area contributed by atoms with E-state index >= 15 is 0 Å². The second kappa shape index (κ2) is 4.49. The molecular formula is C11H21N3O. The van der Waals surface area contributed by atoms with Gasteiger partial charge in [0.1, 0.15) is 0 Å². The highest BCUT2D eigenvalue weighted by Crippen LogP contribution is 2.29. The van der Waals surface area contributed by atoms with E-state index in [1.807, 2.05) is 4.90 Å². The normalized spacial score (nSPS) is 32.5. The van der Waals surface area contributed by atoms with Crippen LogP contribution in [0.15, 0.2) is 0 Å². The standard InChI is InChI=1S/C11H21N3O/c1-13-5-2-3-9-8-14(11(15)7-12)6-4-10(9)13/h9-10H,2-8,12H2,1H3. The van der Waals surface area contributed by atoms with Gasteiger partial charge in [-0.3, -0.25) is 4.79 Å². The smallest absolute Gasteiger partial charge is 0.236 e. The van der Waals surface area contributed by atoms with Crippen molar-refractivity contribution in [2.75, 3.05) is 33.2 Å². The zero-order valence-corrected chi connectivity index (χ0v) is 9.48. The molecular weight excluding hydrogens is 190 g/mol. The van der Waals surface area contributed by atoms with Crippen LogP contribution in [0.4, 0.5) is 0 Å². The third-order valence-electron chi connectivity index (χ3n) is 3.87. The molecule has 2 rings (SSSR count). The van der Waals surface area contributed by atoms with Gasteiger partial charge in [0.25, 0.3) is 0 Å². The molecule has 2 saturated heterocycles. The molecule has 15 heavy (non-hydrogen) atoms. The summed E-state index contributed by atoms with van der Waals surface area (Å²) in [6, 6.07) is 0.695. The van der Waals surface area contributed by atoms with Crippen LogP contribution in [0.1, 0.15) is 19.3 Å². The van der Waals surface area contributed by atoms with Gasteiger partial charge in [0.15, 0.2) is 0 Å². The molecule has 0 aromatic heterocycles. The van der Waals surface area contributed by atoms with Gasteiger partial charge in [-0.1, -0.05) is 0 Å². The number of amides is 1. The Kier molecular flexibility index (Phi) is 3.26. The molecule has 0 aromatic rings. The van der Waals surface area contributed by atoms with Crippen molar-refractivity contribution in [2.24, 2.45) is 11.7 Å². The maximum atomic E-state index is 11.5. The van der Waals surface area contributed by atoms with Crippen molar-refractivity contribution in [3.63, 3.8) is 0 Å². The average molecular weight is 211 g/mol. The molecule has 2 fully saturated rings. The van der Waals surface area contributed by atoms with E-state index in [4.69, 9.17) is 5.73 Å². The Bertz CT molecular complexity index is 244. The van der Waals surface area contributed by atoms with Gasteiger partial charge in [-0.05, 0) is 38.8 Å². The topological polar surface area (TPSA) is 49.6 Å². The van der Waals surface area contributed by atoms with E-state index in [9.17, 15) is 4.79 Å². The molecule has 1 amide bonds. The number of carbonyl (C=O) groups excluding carboxylic acids is 1. The molecule has 2 aliphatic rings. The zero-order valence-electron chi connectivity index (χ0n) is 9.48. The monoisotopic (exact) mass is 211 g/mol. The van der Waals surface area contributed by atoms with Crippen LogP contribution in [0.5, 0.6) is 0 Å². The molecule has 2 atom stereocenters. The third kappa shape index (κ3) is 2.16. The quantitative estimate of drug-likeness (QED) is 0.658. The molecule has 0 saturated carbocycles. The lowest BCUT2D eigenvalue weighted by Gasteiger charge is -2.45. The van der Waals surface area contributed by atoms with Crippen LogP contribution >= 0.6 is 0 Å². The van der Waals surface area contributed by atoms with Gasteiger partial charge < -0.3 is 15.5 Å². The molecule has 4 nitrogen and oxygen atoms in total. The predicted octanol–water partition coefficient (Wildman–Crippen LogP) is -0.112. The third-order valence-corrected chi connectivity index (χ3v) is 3.87. The van der Waals surface area contributed by atoms with Gasteiger partial charge in [-0.25, -0.2) is 0 Å². The highest BCUT2D eigenvalue weighted by molar-refractivity contribution is 5.78. The molecule has 4 heteroatoms. The van der Waals surface area contributed by atoms with Gasteiger partial charge in [0.05, 0.1) is 6.54 Å². The minimum Gasteiger partial charge on any atom is -0.341 e. The summed E-state index contributed by atoms with van der Waals surface area (Å²) in [6.45, 7) is 3.19. The molecule has 0 spiro atoms. The number of likely N-dealkylation sites (tertiary alicyclic amines) is 2. The van der Waals surface area contributed by atoms with E-state index in [-0.39, 0.29) is 12.5 Å². The van der Waals surface area contributed by atoms with E-state index < -0.39 is 0 Å². The van der Waals surface area contributed by atoms with Crippen molar-refractivity contribution >= 4 is 5.91 Å². The predicted molar refractivity (Wildman–Crippen MR) is 59.4 cm³/mol. The van der Waals surface area contributed by atoms with Gasteiger partial charge in [-0.15, -0.1) is 0 Å². The molecule has 86 valence electrons. The van der Waals surface area contributed by atoms with E-state index in [1.54, 1.807) is 0 Å². The first-order valence-electron chi connectivity index (χ1n) is 5.90. The fourth-order valence-electron chi connectivity index (χ4n) is 3.01. The van der Waals surface area contributed by atoms with Crippen LogP contribution in [0, 0.1) is 5.92 Å². The van der Waals surface area contributed by atoms with Crippen LogP contribution in [-0.4, -0.2) is 55.0 Å². The Morgan fingerprint density at radius 3 is 2.93 bits per heavy atom. The molecule has 0 bridgehead atoms. The zero-order chi connectivity index (χ0) is 10.8. The van der Waals surface area contributed by atoms with Crippen molar-refractivity contribution < 1.29 is 4.79 Å². The molecule has 2 heterocycles. The lowest BCUT2D eigenvalue weighted by atomic mass is 9.84.